The summed E-state index contributed by atoms with van der Waals surface area (Å²) in [5, 5.41) is 2.85. The van der Waals surface area contributed by atoms with Gasteiger partial charge in [-0.3, -0.25) is 0 Å². The highest BCUT2D eigenvalue weighted by molar-refractivity contribution is 7.72. The quantitative estimate of drug-likeness (QED) is 0.478. The van der Waals surface area contributed by atoms with E-state index in [0.29, 0.717) is 0 Å². The molecule has 0 spiro atoms. The highest BCUT2D eigenvalue weighted by Gasteiger charge is 2.15. The zero-order chi connectivity index (χ0) is 18.4. The molecule has 0 N–H and O–H groups in total. The second kappa shape index (κ2) is 8.47. The number of rotatable bonds is 5. The molecule has 0 aliphatic rings. The molecule has 0 unspecified atom stereocenters. The standard InChI is InChI=1S/C25H26P/c1-25(2,3)19-18-21-12-10-11-13-22(21)20-26(23-14-6-4-7-15-23)24-16-8-5-9-17-24/h4-18H,20H2,1-3H3. The van der Waals surface area contributed by atoms with Gasteiger partial charge in [0.25, 0.3) is 0 Å². The van der Waals surface area contributed by atoms with Gasteiger partial charge in [0.15, 0.2) is 0 Å². The average molecular weight is 357 g/mol. The molecule has 3 aromatic rings. The van der Waals surface area contributed by atoms with Crippen LogP contribution in [0.25, 0.3) is 6.08 Å². The number of hydrogen-bond donors (Lipinski definition) is 0. The van der Waals surface area contributed by atoms with Crippen molar-refractivity contribution in [2.24, 2.45) is 5.41 Å². The van der Waals surface area contributed by atoms with Gasteiger partial charge in [0, 0.05) is 6.16 Å². The van der Waals surface area contributed by atoms with Crippen LogP contribution in [0, 0.1) is 11.5 Å². The van der Waals surface area contributed by atoms with Crippen LogP contribution in [0.15, 0.2) is 84.9 Å². The van der Waals surface area contributed by atoms with Crippen LogP contribution in [0.1, 0.15) is 31.9 Å². The van der Waals surface area contributed by atoms with Crippen molar-refractivity contribution >= 4 is 24.6 Å². The molecular formula is C25H26P. The molecule has 0 bridgehead atoms. The summed E-state index contributed by atoms with van der Waals surface area (Å²) in [6.07, 6.45) is 6.72. The fourth-order valence-corrected chi connectivity index (χ4v) is 5.19. The van der Waals surface area contributed by atoms with Crippen molar-refractivity contribution in [3.8, 4) is 0 Å². The Morgan fingerprint density at radius 3 is 1.77 bits per heavy atom. The summed E-state index contributed by atoms with van der Waals surface area (Å²) in [6.45, 7) is 6.56. The van der Waals surface area contributed by atoms with E-state index < -0.39 is 7.92 Å². The molecule has 3 aromatic carbocycles. The van der Waals surface area contributed by atoms with Gasteiger partial charge in [-0.15, -0.1) is 0 Å². The predicted octanol–water partition coefficient (Wildman–Crippen LogP) is 6.18. The number of hydrogen-bond acceptors (Lipinski definition) is 0. The smallest absolute Gasteiger partial charge is 0.00134 e. The van der Waals surface area contributed by atoms with E-state index in [2.05, 4.69) is 118 Å². The SMILES string of the molecule is CC(C)(C)[C]=Cc1ccccc1CP(c1ccccc1)c1ccccc1. The van der Waals surface area contributed by atoms with Gasteiger partial charge in [0.1, 0.15) is 0 Å². The maximum Gasteiger partial charge on any atom is 0.00134 e. The minimum absolute atomic E-state index is 0.0662. The van der Waals surface area contributed by atoms with Crippen molar-refractivity contribution in [3.63, 3.8) is 0 Å². The monoisotopic (exact) mass is 357 g/mol. The lowest BCUT2D eigenvalue weighted by molar-refractivity contribution is 0.527. The second-order valence-electron chi connectivity index (χ2n) is 7.49. The first kappa shape index (κ1) is 18.6. The molecule has 0 saturated carbocycles. The second-order valence-corrected chi connectivity index (χ2v) is 9.70. The van der Waals surface area contributed by atoms with Crippen molar-refractivity contribution in [2.45, 2.75) is 26.9 Å². The molecule has 0 atom stereocenters. The first-order chi connectivity index (χ1) is 12.5. The Morgan fingerprint density at radius 1 is 0.731 bits per heavy atom. The summed E-state index contributed by atoms with van der Waals surface area (Å²) in [6, 6.07) is 30.6. The van der Waals surface area contributed by atoms with E-state index in [1.54, 1.807) is 0 Å². The lowest BCUT2D eigenvalue weighted by Crippen LogP contribution is -2.13. The molecule has 0 aliphatic heterocycles. The minimum Gasteiger partial charge on any atom is -0.0622 e. The van der Waals surface area contributed by atoms with Crippen LogP contribution in [0.5, 0.6) is 0 Å². The number of benzene rings is 3. The third kappa shape index (κ3) is 5.16. The van der Waals surface area contributed by atoms with Crippen LogP contribution in [-0.2, 0) is 6.16 Å². The van der Waals surface area contributed by atoms with Gasteiger partial charge in [0.05, 0.1) is 0 Å². The van der Waals surface area contributed by atoms with Crippen LogP contribution in [0.4, 0.5) is 0 Å². The first-order valence-corrected chi connectivity index (χ1v) is 10.6. The van der Waals surface area contributed by atoms with Gasteiger partial charge in [-0.25, -0.2) is 0 Å². The maximum atomic E-state index is 3.51. The zero-order valence-electron chi connectivity index (χ0n) is 15.8. The third-order valence-corrected chi connectivity index (χ3v) is 6.68. The van der Waals surface area contributed by atoms with E-state index in [4.69, 9.17) is 0 Å². The van der Waals surface area contributed by atoms with Crippen molar-refractivity contribution in [3.05, 3.63) is 102 Å². The molecule has 0 aliphatic carbocycles. The summed E-state index contributed by atoms with van der Waals surface area (Å²) in [5.74, 6) is 0. The minimum atomic E-state index is -0.430. The normalized spacial score (nSPS) is 12.0. The predicted molar refractivity (Wildman–Crippen MR) is 116 cm³/mol. The molecule has 26 heavy (non-hydrogen) atoms. The molecule has 0 heterocycles. The molecule has 0 aromatic heterocycles. The van der Waals surface area contributed by atoms with Gasteiger partial charge in [-0.1, -0.05) is 112 Å². The molecular weight excluding hydrogens is 331 g/mol. The van der Waals surface area contributed by atoms with Crippen molar-refractivity contribution in [1.29, 1.82) is 0 Å². The van der Waals surface area contributed by atoms with E-state index in [0.717, 1.165) is 6.16 Å². The molecule has 0 amide bonds. The van der Waals surface area contributed by atoms with Crippen molar-refractivity contribution < 1.29 is 0 Å². The Balaban J connectivity index is 1.97. The van der Waals surface area contributed by atoms with E-state index >= 15 is 0 Å². The maximum absolute atomic E-state index is 3.51. The fourth-order valence-electron chi connectivity index (χ4n) is 2.83. The molecule has 0 fully saturated rings. The zero-order valence-corrected chi connectivity index (χ0v) is 16.7. The van der Waals surface area contributed by atoms with E-state index in [9.17, 15) is 0 Å². The van der Waals surface area contributed by atoms with Crippen LogP contribution in [-0.4, -0.2) is 0 Å². The lowest BCUT2D eigenvalue weighted by atomic mass is 9.94. The van der Waals surface area contributed by atoms with Gasteiger partial charge < -0.3 is 0 Å². The topological polar surface area (TPSA) is 0 Å². The largest absolute Gasteiger partial charge is 0.0622 e. The summed E-state index contributed by atoms with van der Waals surface area (Å²) in [4.78, 5) is 0. The molecule has 1 radical (unpaired) electrons. The molecule has 3 rings (SSSR count). The summed E-state index contributed by atoms with van der Waals surface area (Å²) in [5.41, 5.74) is 2.74. The van der Waals surface area contributed by atoms with E-state index in [1.807, 2.05) is 0 Å². The Morgan fingerprint density at radius 2 is 1.23 bits per heavy atom. The lowest BCUT2D eigenvalue weighted by Gasteiger charge is -2.20. The van der Waals surface area contributed by atoms with Gasteiger partial charge >= 0.3 is 0 Å². The summed E-state index contributed by atoms with van der Waals surface area (Å²) < 4.78 is 0. The number of allylic oxidation sites excluding steroid dienone is 1. The van der Waals surface area contributed by atoms with E-state index in [1.165, 1.54) is 21.7 Å². The van der Waals surface area contributed by atoms with Crippen molar-refractivity contribution in [1.82, 2.24) is 0 Å². The van der Waals surface area contributed by atoms with E-state index in [-0.39, 0.29) is 5.41 Å². The van der Waals surface area contributed by atoms with Crippen LogP contribution >= 0.6 is 7.92 Å². The molecule has 0 nitrogen and oxygen atoms in total. The highest BCUT2D eigenvalue weighted by Crippen LogP contribution is 2.38. The first-order valence-electron chi connectivity index (χ1n) is 9.09. The Labute approximate surface area is 159 Å². The molecule has 131 valence electrons. The van der Waals surface area contributed by atoms with Crippen LogP contribution < -0.4 is 10.6 Å². The summed E-state index contributed by atoms with van der Waals surface area (Å²) in [7, 11) is -0.430. The molecule has 1 heteroatoms. The van der Waals surface area contributed by atoms with Gasteiger partial charge in [-0.2, -0.15) is 0 Å². The summed E-state index contributed by atoms with van der Waals surface area (Å²) >= 11 is 0. The molecule has 0 saturated heterocycles. The average Bonchev–Trinajstić information content (AvgIpc) is 2.66. The van der Waals surface area contributed by atoms with Crippen LogP contribution in [0.2, 0.25) is 0 Å². The third-order valence-electron chi connectivity index (χ3n) is 4.18. The highest BCUT2D eigenvalue weighted by atomic mass is 31.1. The fraction of sp³-hybridized carbons (Fsp3) is 0.200. The Bertz CT molecular complexity index is 803. The van der Waals surface area contributed by atoms with Crippen LogP contribution in [0.3, 0.4) is 0 Å². The Kier molecular flexibility index (Phi) is 6.07. The van der Waals surface area contributed by atoms with Gasteiger partial charge in [0.2, 0.25) is 0 Å². The Hall–Kier alpha value is -2.17. The van der Waals surface area contributed by atoms with Gasteiger partial charge in [-0.05, 0) is 41.1 Å². The van der Waals surface area contributed by atoms with Crippen molar-refractivity contribution in [2.75, 3.05) is 0 Å².